The molecule has 1 aromatic heterocycles. The number of carbonyl (C=O) groups is 2. The zero-order valence-electron chi connectivity index (χ0n) is 13.1. The second-order valence-corrected chi connectivity index (χ2v) is 5.38. The molecule has 1 aromatic carbocycles. The van der Waals surface area contributed by atoms with Crippen molar-refractivity contribution >= 4 is 11.9 Å². The Morgan fingerprint density at radius 1 is 1.30 bits per heavy atom. The Hall–Kier alpha value is -2.77. The number of tetrazole rings is 1. The number of carbonyl (C=O) groups excluding carboxylic acids is 2. The lowest BCUT2D eigenvalue weighted by atomic mass is 10.1. The highest BCUT2D eigenvalue weighted by atomic mass is 16.5. The van der Waals surface area contributed by atoms with Gasteiger partial charge in [0.25, 0.3) is 5.91 Å². The number of benzene rings is 1. The van der Waals surface area contributed by atoms with Crippen molar-refractivity contribution in [2.75, 3.05) is 13.2 Å². The summed E-state index contributed by atoms with van der Waals surface area (Å²) in [5.41, 5.74) is 0.775. The van der Waals surface area contributed by atoms with E-state index in [0.29, 0.717) is 18.2 Å². The summed E-state index contributed by atoms with van der Waals surface area (Å²) < 4.78 is 6.41. The first-order valence-electron chi connectivity index (χ1n) is 7.34. The highest BCUT2D eigenvalue weighted by Gasteiger charge is 2.15. The molecule has 0 spiro atoms. The van der Waals surface area contributed by atoms with Crippen LogP contribution in [0.2, 0.25) is 0 Å². The SMILES string of the molecule is CC(C)CCNC(=O)COC(=O)c1ccccc1-n1cnnn1. The summed E-state index contributed by atoms with van der Waals surface area (Å²) >= 11 is 0. The Kier molecular flexibility index (Phi) is 5.79. The molecule has 1 N–H and O–H groups in total. The zero-order valence-corrected chi connectivity index (χ0v) is 13.1. The molecular formula is C15H19N5O3. The maximum atomic E-state index is 12.2. The average Bonchev–Trinajstić information content (AvgIpc) is 3.06. The third-order valence-electron chi connectivity index (χ3n) is 3.10. The maximum absolute atomic E-state index is 12.2. The molecule has 0 saturated carbocycles. The summed E-state index contributed by atoms with van der Waals surface area (Å²) in [6.45, 7) is 4.39. The van der Waals surface area contributed by atoms with E-state index in [9.17, 15) is 9.59 Å². The molecule has 0 aliphatic rings. The van der Waals surface area contributed by atoms with Gasteiger partial charge in [-0.25, -0.2) is 4.79 Å². The molecule has 2 aromatic rings. The van der Waals surface area contributed by atoms with Crippen LogP contribution in [0.1, 0.15) is 30.6 Å². The van der Waals surface area contributed by atoms with Crippen LogP contribution in [0, 0.1) is 5.92 Å². The van der Waals surface area contributed by atoms with Crippen LogP contribution in [-0.2, 0) is 9.53 Å². The van der Waals surface area contributed by atoms with Gasteiger partial charge in [0.1, 0.15) is 6.33 Å². The largest absolute Gasteiger partial charge is 0.452 e. The van der Waals surface area contributed by atoms with Crippen LogP contribution in [0.25, 0.3) is 5.69 Å². The maximum Gasteiger partial charge on any atom is 0.340 e. The fraction of sp³-hybridized carbons (Fsp3) is 0.400. The molecule has 0 radical (unpaired) electrons. The fourth-order valence-corrected chi connectivity index (χ4v) is 1.88. The second-order valence-electron chi connectivity index (χ2n) is 5.38. The van der Waals surface area contributed by atoms with Crippen molar-refractivity contribution in [2.45, 2.75) is 20.3 Å². The van der Waals surface area contributed by atoms with Gasteiger partial charge in [-0.05, 0) is 34.9 Å². The first kappa shape index (κ1) is 16.6. The normalized spacial score (nSPS) is 10.6. The molecule has 0 bridgehead atoms. The summed E-state index contributed by atoms with van der Waals surface area (Å²) in [6, 6.07) is 6.74. The molecule has 0 atom stereocenters. The number of para-hydroxylation sites is 1. The van der Waals surface area contributed by atoms with Gasteiger partial charge in [-0.1, -0.05) is 26.0 Å². The molecule has 1 heterocycles. The molecule has 1 amide bonds. The Morgan fingerprint density at radius 3 is 2.78 bits per heavy atom. The Morgan fingerprint density at radius 2 is 2.09 bits per heavy atom. The van der Waals surface area contributed by atoms with Crippen molar-refractivity contribution in [3.05, 3.63) is 36.2 Å². The number of amides is 1. The summed E-state index contributed by atoms with van der Waals surface area (Å²) in [5, 5.41) is 13.5. The topological polar surface area (TPSA) is 99.0 Å². The number of hydrogen-bond acceptors (Lipinski definition) is 6. The smallest absolute Gasteiger partial charge is 0.340 e. The molecule has 0 unspecified atom stereocenters. The van der Waals surface area contributed by atoms with E-state index in [1.807, 2.05) is 0 Å². The molecule has 0 fully saturated rings. The molecule has 8 heteroatoms. The lowest BCUT2D eigenvalue weighted by Crippen LogP contribution is -2.30. The van der Waals surface area contributed by atoms with Crippen molar-refractivity contribution < 1.29 is 14.3 Å². The van der Waals surface area contributed by atoms with E-state index in [1.54, 1.807) is 24.3 Å². The number of nitrogens with one attached hydrogen (secondary N) is 1. The van der Waals surface area contributed by atoms with Crippen LogP contribution in [-0.4, -0.2) is 45.2 Å². The summed E-state index contributed by atoms with van der Waals surface area (Å²) in [6.07, 6.45) is 2.26. The summed E-state index contributed by atoms with van der Waals surface area (Å²) in [4.78, 5) is 23.8. The minimum Gasteiger partial charge on any atom is -0.452 e. The van der Waals surface area contributed by atoms with Gasteiger partial charge in [0.15, 0.2) is 6.61 Å². The van der Waals surface area contributed by atoms with Crippen molar-refractivity contribution in [1.82, 2.24) is 25.5 Å². The fourth-order valence-electron chi connectivity index (χ4n) is 1.88. The van der Waals surface area contributed by atoms with Gasteiger partial charge in [-0.3, -0.25) is 4.79 Å². The monoisotopic (exact) mass is 317 g/mol. The van der Waals surface area contributed by atoms with Crippen molar-refractivity contribution in [3.8, 4) is 5.69 Å². The van der Waals surface area contributed by atoms with E-state index in [1.165, 1.54) is 11.0 Å². The molecule has 23 heavy (non-hydrogen) atoms. The third kappa shape index (κ3) is 4.87. The van der Waals surface area contributed by atoms with Crippen LogP contribution in [0.3, 0.4) is 0 Å². The molecule has 2 rings (SSSR count). The lowest BCUT2D eigenvalue weighted by Gasteiger charge is -2.10. The quantitative estimate of drug-likeness (QED) is 0.764. The zero-order chi connectivity index (χ0) is 16.7. The van der Waals surface area contributed by atoms with E-state index in [4.69, 9.17) is 4.74 Å². The predicted octanol–water partition coefficient (Wildman–Crippen LogP) is 0.981. The molecule has 8 nitrogen and oxygen atoms in total. The summed E-state index contributed by atoms with van der Waals surface area (Å²) in [5.74, 6) is -0.421. The van der Waals surface area contributed by atoms with Crippen molar-refractivity contribution in [3.63, 3.8) is 0 Å². The molecule has 0 aliphatic heterocycles. The van der Waals surface area contributed by atoms with Gasteiger partial charge in [-0.2, -0.15) is 4.68 Å². The number of hydrogen-bond donors (Lipinski definition) is 1. The van der Waals surface area contributed by atoms with E-state index >= 15 is 0 Å². The number of nitrogens with zero attached hydrogens (tertiary/aromatic N) is 4. The van der Waals surface area contributed by atoms with Crippen molar-refractivity contribution in [2.24, 2.45) is 5.92 Å². The summed E-state index contributed by atoms with van der Waals surface area (Å²) in [7, 11) is 0. The molecule has 122 valence electrons. The number of aromatic nitrogens is 4. The van der Waals surface area contributed by atoms with Gasteiger partial charge < -0.3 is 10.1 Å². The van der Waals surface area contributed by atoms with Crippen LogP contribution in [0.5, 0.6) is 0 Å². The van der Waals surface area contributed by atoms with E-state index in [2.05, 4.69) is 34.7 Å². The minimum atomic E-state index is -0.602. The highest BCUT2D eigenvalue weighted by Crippen LogP contribution is 2.13. The van der Waals surface area contributed by atoms with Gasteiger partial charge in [0.2, 0.25) is 0 Å². The highest BCUT2D eigenvalue weighted by molar-refractivity contribution is 5.94. The van der Waals surface area contributed by atoms with E-state index in [-0.39, 0.29) is 18.1 Å². The third-order valence-corrected chi connectivity index (χ3v) is 3.10. The lowest BCUT2D eigenvalue weighted by molar-refractivity contribution is -0.124. The van der Waals surface area contributed by atoms with Crippen LogP contribution in [0.4, 0.5) is 0 Å². The van der Waals surface area contributed by atoms with Gasteiger partial charge in [0.05, 0.1) is 11.3 Å². The van der Waals surface area contributed by atoms with E-state index < -0.39 is 5.97 Å². The average molecular weight is 317 g/mol. The number of rotatable bonds is 7. The number of esters is 1. The van der Waals surface area contributed by atoms with E-state index in [0.717, 1.165) is 6.42 Å². The minimum absolute atomic E-state index is 0.287. The standard InChI is InChI=1S/C15H19N5O3/c1-11(2)7-8-16-14(21)9-23-15(22)12-5-3-4-6-13(12)20-10-17-18-19-20/h3-6,10-11H,7-9H2,1-2H3,(H,16,21). The van der Waals surface area contributed by atoms with Gasteiger partial charge in [-0.15, -0.1) is 5.10 Å². The van der Waals surface area contributed by atoms with Gasteiger partial charge in [0, 0.05) is 6.54 Å². The van der Waals surface area contributed by atoms with Crippen LogP contribution >= 0.6 is 0 Å². The Balaban J connectivity index is 1.93. The Bertz CT molecular complexity index is 655. The molecule has 0 aliphatic carbocycles. The van der Waals surface area contributed by atoms with Crippen LogP contribution < -0.4 is 5.32 Å². The molecule has 0 saturated heterocycles. The van der Waals surface area contributed by atoms with Gasteiger partial charge >= 0.3 is 5.97 Å². The first-order chi connectivity index (χ1) is 11.1. The molecular weight excluding hydrogens is 298 g/mol. The van der Waals surface area contributed by atoms with Crippen LogP contribution in [0.15, 0.2) is 30.6 Å². The van der Waals surface area contributed by atoms with Crippen molar-refractivity contribution in [1.29, 1.82) is 0 Å². The predicted molar refractivity (Wildman–Crippen MR) is 81.9 cm³/mol. The first-order valence-corrected chi connectivity index (χ1v) is 7.34. The Labute approximate surface area is 133 Å². The number of ether oxygens (including phenoxy) is 1. The second kappa shape index (κ2) is 8.02.